The Balaban J connectivity index is 1.46. The highest BCUT2D eigenvalue weighted by molar-refractivity contribution is 6.35. The first-order chi connectivity index (χ1) is 14.1. The highest BCUT2D eigenvalue weighted by Gasteiger charge is 2.27. The average molecular weight is 423 g/mol. The molecule has 29 heavy (non-hydrogen) atoms. The van der Waals surface area contributed by atoms with Gasteiger partial charge in [-0.05, 0) is 47.5 Å². The summed E-state index contributed by atoms with van der Waals surface area (Å²) in [5.41, 5.74) is 2.26. The summed E-state index contributed by atoms with van der Waals surface area (Å²) in [6.45, 7) is 0.407. The first-order valence-electron chi connectivity index (χ1n) is 8.98. The molecule has 5 heteroatoms. The fraction of sp³-hybridized carbons (Fsp3) is 0.0417. The molecule has 0 fully saturated rings. The van der Waals surface area contributed by atoms with Crippen LogP contribution in [-0.2, 0) is 0 Å². The van der Waals surface area contributed by atoms with Crippen molar-refractivity contribution in [2.45, 2.75) is 0 Å². The molecule has 1 aliphatic rings. The Morgan fingerprint density at radius 2 is 1.79 bits per heavy atom. The van der Waals surface area contributed by atoms with Crippen molar-refractivity contribution in [3.8, 4) is 11.5 Å². The van der Waals surface area contributed by atoms with Crippen LogP contribution in [-0.4, -0.2) is 12.4 Å². The molecule has 0 N–H and O–H groups in total. The maximum atomic E-state index is 12.6. The SMILES string of the molecule is O=C1C(=Cc2ccc(Cl)cc2Cl)Oc2cc(OCC=Cc3ccccc3)ccc21. The number of benzene rings is 3. The summed E-state index contributed by atoms with van der Waals surface area (Å²) in [5.74, 6) is 1.11. The quantitative estimate of drug-likeness (QED) is 0.429. The molecular formula is C24H16Cl2O3. The van der Waals surface area contributed by atoms with Crippen LogP contribution in [0.5, 0.6) is 11.5 Å². The largest absolute Gasteiger partial charge is 0.489 e. The lowest BCUT2D eigenvalue weighted by molar-refractivity contribution is 0.101. The van der Waals surface area contributed by atoms with Crippen LogP contribution in [0.15, 0.2) is 78.6 Å². The van der Waals surface area contributed by atoms with Crippen molar-refractivity contribution >= 4 is 41.1 Å². The zero-order chi connectivity index (χ0) is 20.2. The van der Waals surface area contributed by atoms with Crippen molar-refractivity contribution in [1.29, 1.82) is 0 Å². The van der Waals surface area contributed by atoms with E-state index in [1.54, 1.807) is 42.5 Å². The molecule has 0 unspecified atom stereocenters. The molecule has 4 rings (SSSR count). The number of allylic oxidation sites excluding steroid dienone is 1. The van der Waals surface area contributed by atoms with Crippen LogP contribution in [0.4, 0.5) is 0 Å². The van der Waals surface area contributed by atoms with E-state index in [0.29, 0.717) is 39.3 Å². The highest BCUT2D eigenvalue weighted by Crippen LogP contribution is 2.35. The van der Waals surface area contributed by atoms with E-state index in [9.17, 15) is 4.79 Å². The van der Waals surface area contributed by atoms with Crippen LogP contribution in [0.2, 0.25) is 10.0 Å². The van der Waals surface area contributed by atoms with Crippen LogP contribution < -0.4 is 9.47 Å². The van der Waals surface area contributed by atoms with Gasteiger partial charge < -0.3 is 9.47 Å². The number of rotatable bonds is 5. The molecule has 0 bridgehead atoms. The van der Waals surface area contributed by atoms with E-state index in [-0.39, 0.29) is 11.5 Å². The lowest BCUT2D eigenvalue weighted by Crippen LogP contribution is -1.98. The van der Waals surface area contributed by atoms with E-state index < -0.39 is 0 Å². The molecule has 1 heterocycles. The number of hydrogen-bond donors (Lipinski definition) is 0. The van der Waals surface area contributed by atoms with Crippen molar-refractivity contribution in [2.24, 2.45) is 0 Å². The first kappa shape index (κ1) is 19.3. The van der Waals surface area contributed by atoms with E-state index in [1.165, 1.54) is 0 Å². The molecule has 144 valence electrons. The van der Waals surface area contributed by atoms with E-state index in [2.05, 4.69) is 0 Å². The van der Waals surface area contributed by atoms with Gasteiger partial charge >= 0.3 is 0 Å². The summed E-state index contributed by atoms with van der Waals surface area (Å²) in [4.78, 5) is 12.6. The Bertz CT molecular complexity index is 1120. The number of carbonyl (C=O) groups excluding carboxylic acids is 1. The molecular weight excluding hydrogens is 407 g/mol. The van der Waals surface area contributed by atoms with Gasteiger partial charge in [0.25, 0.3) is 0 Å². The predicted molar refractivity (Wildman–Crippen MR) is 117 cm³/mol. The third-order valence-corrected chi connectivity index (χ3v) is 4.91. The van der Waals surface area contributed by atoms with E-state index in [0.717, 1.165) is 5.56 Å². The molecule has 3 aromatic rings. The molecule has 3 aromatic carbocycles. The molecule has 0 saturated carbocycles. The third kappa shape index (κ3) is 4.53. The maximum absolute atomic E-state index is 12.6. The summed E-state index contributed by atoms with van der Waals surface area (Å²) in [5, 5.41) is 0.980. The third-order valence-electron chi connectivity index (χ3n) is 4.35. The second kappa shape index (κ2) is 8.56. The van der Waals surface area contributed by atoms with Crippen molar-refractivity contribution in [2.75, 3.05) is 6.61 Å². The molecule has 0 amide bonds. The topological polar surface area (TPSA) is 35.5 Å². The maximum Gasteiger partial charge on any atom is 0.231 e. The number of ketones is 1. The van der Waals surface area contributed by atoms with Gasteiger partial charge in [-0.1, -0.05) is 65.7 Å². The van der Waals surface area contributed by atoms with E-state index in [4.69, 9.17) is 32.7 Å². The minimum atomic E-state index is -0.193. The van der Waals surface area contributed by atoms with Gasteiger partial charge in [-0.15, -0.1) is 0 Å². The molecule has 0 radical (unpaired) electrons. The number of hydrogen-bond acceptors (Lipinski definition) is 3. The molecule has 0 saturated heterocycles. The van der Waals surface area contributed by atoms with Gasteiger partial charge in [0, 0.05) is 16.1 Å². The first-order valence-corrected chi connectivity index (χ1v) is 9.73. The number of ether oxygens (including phenoxy) is 2. The lowest BCUT2D eigenvalue weighted by Gasteiger charge is -2.05. The predicted octanol–water partition coefficient (Wildman–Crippen LogP) is 6.70. The summed E-state index contributed by atoms with van der Waals surface area (Å²) in [6, 6.07) is 20.2. The number of carbonyl (C=O) groups is 1. The molecule has 1 aliphatic heterocycles. The van der Waals surface area contributed by atoms with Crippen molar-refractivity contribution in [1.82, 2.24) is 0 Å². The highest BCUT2D eigenvalue weighted by atomic mass is 35.5. The summed E-state index contributed by atoms with van der Waals surface area (Å²) >= 11 is 12.1. The monoisotopic (exact) mass is 422 g/mol. The fourth-order valence-electron chi connectivity index (χ4n) is 2.91. The smallest absolute Gasteiger partial charge is 0.231 e. The van der Waals surface area contributed by atoms with Crippen LogP contribution in [0.25, 0.3) is 12.2 Å². The Morgan fingerprint density at radius 3 is 2.59 bits per heavy atom. The molecule has 0 aromatic heterocycles. The zero-order valence-electron chi connectivity index (χ0n) is 15.3. The molecule has 0 atom stereocenters. The van der Waals surface area contributed by atoms with Gasteiger partial charge in [0.15, 0.2) is 5.76 Å². The van der Waals surface area contributed by atoms with Gasteiger partial charge in [-0.25, -0.2) is 0 Å². The average Bonchev–Trinajstić information content (AvgIpc) is 3.03. The van der Waals surface area contributed by atoms with Crippen molar-refractivity contribution in [3.63, 3.8) is 0 Å². The number of halogens is 2. The normalized spacial score (nSPS) is 14.3. The van der Waals surface area contributed by atoms with Gasteiger partial charge in [0.05, 0.1) is 5.56 Å². The van der Waals surface area contributed by atoms with Crippen molar-refractivity contribution < 1.29 is 14.3 Å². The second-order valence-corrected chi connectivity index (χ2v) is 7.23. The zero-order valence-corrected chi connectivity index (χ0v) is 16.8. The van der Waals surface area contributed by atoms with E-state index >= 15 is 0 Å². The Hall–Kier alpha value is -3.01. The van der Waals surface area contributed by atoms with E-state index in [1.807, 2.05) is 42.5 Å². The Morgan fingerprint density at radius 1 is 0.966 bits per heavy atom. The Labute approximate surface area is 178 Å². The van der Waals surface area contributed by atoms with Gasteiger partial charge in [-0.3, -0.25) is 4.79 Å². The second-order valence-electron chi connectivity index (χ2n) is 6.39. The van der Waals surface area contributed by atoms with Gasteiger partial charge in [0.2, 0.25) is 5.78 Å². The van der Waals surface area contributed by atoms with Crippen LogP contribution in [0.3, 0.4) is 0 Å². The summed E-state index contributed by atoms with van der Waals surface area (Å²) < 4.78 is 11.5. The minimum Gasteiger partial charge on any atom is -0.489 e. The number of fused-ring (bicyclic) bond motifs is 1. The van der Waals surface area contributed by atoms with Gasteiger partial charge in [-0.2, -0.15) is 0 Å². The minimum absolute atomic E-state index is 0.193. The summed E-state index contributed by atoms with van der Waals surface area (Å²) in [7, 11) is 0. The Kier molecular flexibility index (Phi) is 5.70. The standard InChI is InChI=1S/C24H16Cl2O3/c25-18-9-8-17(21(26)14-18)13-23-24(27)20-11-10-19(15-22(20)29-23)28-12-4-7-16-5-2-1-3-6-16/h1-11,13-15H,12H2. The van der Waals surface area contributed by atoms with Crippen LogP contribution in [0.1, 0.15) is 21.5 Å². The fourth-order valence-corrected chi connectivity index (χ4v) is 3.37. The summed E-state index contributed by atoms with van der Waals surface area (Å²) in [6.07, 6.45) is 5.54. The van der Waals surface area contributed by atoms with Crippen LogP contribution in [0, 0.1) is 0 Å². The molecule has 0 aliphatic carbocycles. The number of Topliss-reactive ketones (excluding diaryl/α,β-unsaturated/α-hetero) is 1. The van der Waals surface area contributed by atoms with Gasteiger partial charge in [0.1, 0.15) is 18.1 Å². The van der Waals surface area contributed by atoms with Crippen molar-refractivity contribution in [3.05, 3.63) is 105 Å². The lowest BCUT2D eigenvalue weighted by atomic mass is 10.1. The van der Waals surface area contributed by atoms with Crippen LogP contribution >= 0.6 is 23.2 Å². The molecule has 0 spiro atoms. The molecule has 3 nitrogen and oxygen atoms in total.